The fraction of sp³-hybridized carbons (Fsp3) is 0.357. The van der Waals surface area contributed by atoms with Gasteiger partial charge in [-0.1, -0.05) is 19.1 Å². The molecule has 98 valence electrons. The molecular weight excluding hydrogens is 244 g/mol. The number of carbonyl (C=O) groups is 1. The molecule has 1 aromatic carbocycles. The van der Waals surface area contributed by atoms with Gasteiger partial charge in [-0.05, 0) is 18.6 Å². The minimum atomic E-state index is -0.491. The van der Waals surface area contributed by atoms with Crippen molar-refractivity contribution in [3.63, 3.8) is 0 Å². The van der Waals surface area contributed by atoms with E-state index in [9.17, 15) is 14.4 Å². The predicted octanol–water partition coefficient (Wildman–Crippen LogP) is 1.09. The van der Waals surface area contributed by atoms with Gasteiger partial charge in [0, 0.05) is 13.0 Å². The van der Waals surface area contributed by atoms with E-state index in [2.05, 4.69) is 0 Å². The molecule has 1 unspecified atom stereocenters. The summed E-state index contributed by atoms with van der Waals surface area (Å²) in [7, 11) is 0. The highest BCUT2D eigenvalue weighted by Gasteiger charge is 2.30. The quantitative estimate of drug-likeness (QED) is 0.810. The van der Waals surface area contributed by atoms with Crippen molar-refractivity contribution in [1.82, 2.24) is 9.36 Å². The van der Waals surface area contributed by atoms with Gasteiger partial charge in [-0.2, -0.15) is 0 Å². The fourth-order valence-electron chi connectivity index (χ4n) is 2.74. The van der Waals surface area contributed by atoms with Crippen LogP contribution in [0.15, 0.2) is 33.9 Å². The molecule has 3 rings (SSSR count). The SMILES string of the molecule is CCC(=O)C1CCn2c(=O)c3ccccc3c(=O)n21. The molecule has 0 aliphatic carbocycles. The highest BCUT2D eigenvalue weighted by atomic mass is 16.2. The summed E-state index contributed by atoms with van der Waals surface area (Å²) in [5, 5.41) is 0.813. The fourth-order valence-corrected chi connectivity index (χ4v) is 2.74. The summed E-state index contributed by atoms with van der Waals surface area (Å²) in [6.45, 7) is 2.20. The maximum absolute atomic E-state index is 12.5. The van der Waals surface area contributed by atoms with Crippen LogP contribution >= 0.6 is 0 Å². The number of hydrogen-bond donors (Lipinski definition) is 0. The van der Waals surface area contributed by atoms with Gasteiger partial charge in [0.1, 0.15) is 6.04 Å². The summed E-state index contributed by atoms with van der Waals surface area (Å²) in [6.07, 6.45) is 0.899. The van der Waals surface area contributed by atoms with Crippen LogP contribution < -0.4 is 11.1 Å². The summed E-state index contributed by atoms with van der Waals surface area (Å²) in [5.74, 6) is 0.00281. The number of benzene rings is 1. The molecule has 0 bridgehead atoms. The monoisotopic (exact) mass is 258 g/mol. The lowest BCUT2D eigenvalue weighted by Crippen LogP contribution is -2.37. The Labute approximate surface area is 109 Å². The first-order valence-corrected chi connectivity index (χ1v) is 6.42. The minimum absolute atomic E-state index is 0.00281. The van der Waals surface area contributed by atoms with Crippen molar-refractivity contribution in [3.8, 4) is 0 Å². The normalized spacial score (nSPS) is 17.6. The Morgan fingerprint density at radius 3 is 2.47 bits per heavy atom. The molecular formula is C14H14N2O3. The maximum Gasteiger partial charge on any atom is 0.273 e. The Hall–Kier alpha value is -2.17. The molecule has 2 aromatic rings. The lowest BCUT2D eigenvalue weighted by molar-refractivity contribution is -0.121. The Morgan fingerprint density at radius 1 is 1.21 bits per heavy atom. The standard InChI is InChI=1S/C14H14N2O3/c1-2-12(17)11-7-8-15-13(18)9-5-3-4-6-10(9)14(19)16(11)15/h3-6,11H,2,7-8H2,1H3. The van der Waals surface area contributed by atoms with E-state index >= 15 is 0 Å². The van der Waals surface area contributed by atoms with E-state index in [4.69, 9.17) is 0 Å². The molecule has 0 radical (unpaired) electrons. The van der Waals surface area contributed by atoms with Gasteiger partial charge in [-0.25, -0.2) is 9.36 Å². The van der Waals surface area contributed by atoms with E-state index < -0.39 is 6.04 Å². The number of fused-ring (bicyclic) bond motifs is 2. The second-order valence-corrected chi connectivity index (χ2v) is 4.75. The van der Waals surface area contributed by atoms with Gasteiger partial charge in [0.05, 0.1) is 10.8 Å². The van der Waals surface area contributed by atoms with Crippen LogP contribution in [0, 0.1) is 0 Å². The molecule has 5 nitrogen and oxygen atoms in total. The average molecular weight is 258 g/mol. The molecule has 0 spiro atoms. The zero-order valence-corrected chi connectivity index (χ0v) is 10.6. The smallest absolute Gasteiger partial charge is 0.273 e. The third-order valence-electron chi connectivity index (χ3n) is 3.72. The zero-order valence-electron chi connectivity index (χ0n) is 10.6. The van der Waals surface area contributed by atoms with Crippen LogP contribution in [-0.2, 0) is 11.3 Å². The first kappa shape index (κ1) is 11.9. The lowest BCUT2D eigenvalue weighted by atomic mass is 10.1. The molecule has 1 aliphatic rings. The van der Waals surface area contributed by atoms with Crippen LogP contribution in [0.25, 0.3) is 10.8 Å². The summed E-state index contributed by atoms with van der Waals surface area (Å²) in [6, 6.07) is 6.27. The van der Waals surface area contributed by atoms with Crippen molar-refractivity contribution in [2.75, 3.05) is 0 Å². The van der Waals surface area contributed by atoms with Gasteiger partial charge in [0.2, 0.25) is 0 Å². The van der Waals surface area contributed by atoms with Gasteiger partial charge in [0.25, 0.3) is 11.1 Å². The van der Waals surface area contributed by atoms with Gasteiger partial charge < -0.3 is 0 Å². The van der Waals surface area contributed by atoms with Crippen molar-refractivity contribution >= 4 is 16.6 Å². The lowest BCUT2D eigenvalue weighted by Gasteiger charge is -2.13. The third-order valence-corrected chi connectivity index (χ3v) is 3.72. The number of nitrogens with zero attached hydrogens (tertiary/aromatic N) is 2. The molecule has 0 saturated carbocycles. The van der Waals surface area contributed by atoms with Crippen molar-refractivity contribution < 1.29 is 4.79 Å². The Bertz CT molecular complexity index is 785. The van der Waals surface area contributed by atoms with Gasteiger partial charge in [-0.15, -0.1) is 0 Å². The molecule has 2 heterocycles. The van der Waals surface area contributed by atoms with Crippen LogP contribution in [0.5, 0.6) is 0 Å². The summed E-state index contributed by atoms with van der Waals surface area (Å²) in [5.41, 5.74) is -0.443. The average Bonchev–Trinajstić information content (AvgIpc) is 2.89. The molecule has 0 fully saturated rings. The summed E-state index contributed by atoms with van der Waals surface area (Å²) >= 11 is 0. The summed E-state index contributed by atoms with van der Waals surface area (Å²) in [4.78, 5) is 36.7. The van der Waals surface area contributed by atoms with E-state index in [1.165, 1.54) is 9.36 Å². The van der Waals surface area contributed by atoms with Crippen LogP contribution in [0.4, 0.5) is 0 Å². The van der Waals surface area contributed by atoms with E-state index in [0.717, 1.165) is 0 Å². The van der Waals surface area contributed by atoms with E-state index in [-0.39, 0.29) is 16.9 Å². The van der Waals surface area contributed by atoms with Gasteiger partial charge >= 0.3 is 0 Å². The maximum atomic E-state index is 12.5. The van der Waals surface area contributed by atoms with Crippen molar-refractivity contribution in [2.45, 2.75) is 32.4 Å². The topological polar surface area (TPSA) is 61.1 Å². The number of carbonyl (C=O) groups excluding carboxylic acids is 1. The van der Waals surface area contributed by atoms with E-state index in [1.807, 2.05) is 0 Å². The molecule has 0 N–H and O–H groups in total. The first-order valence-electron chi connectivity index (χ1n) is 6.42. The van der Waals surface area contributed by atoms with Crippen molar-refractivity contribution in [2.24, 2.45) is 0 Å². The number of rotatable bonds is 2. The highest BCUT2D eigenvalue weighted by Crippen LogP contribution is 2.20. The first-order chi connectivity index (χ1) is 9.15. The second-order valence-electron chi connectivity index (χ2n) is 4.75. The van der Waals surface area contributed by atoms with Crippen LogP contribution in [0.1, 0.15) is 25.8 Å². The molecule has 1 aliphatic heterocycles. The van der Waals surface area contributed by atoms with Crippen molar-refractivity contribution in [3.05, 3.63) is 45.0 Å². The van der Waals surface area contributed by atoms with Crippen LogP contribution in [-0.4, -0.2) is 15.1 Å². The van der Waals surface area contributed by atoms with Crippen LogP contribution in [0.2, 0.25) is 0 Å². The zero-order chi connectivity index (χ0) is 13.6. The third kappa shape index (κ3) is 1.58. The molecule has 0 amide bonds. The van der Waals surface area contributed by atoms with Crippen LogP contribution in [0.3, 0.4) is 0 Å². The van der Waals surface area contributed by atoms with Gasteiger partial charge in [-0.3, -0.25) is 14.4 Å². The number of aromatic nitrogens is 2. The molecule has 1 aromatic heterocycles. The largest absolute Gasteiger partial charge is 0.297 e. The summed E-state index contributed by atoms with van der Waals surface area (Å²) < 4.78 is 2.75. The molecule has 1 atom stereocenters. The second kappa shape index (κ2) is 4.19. The van der Waals surface area contributed by atoms with Gasteiger partial charge in [0.15, 0.2) is 5.78 Å². The highest BCUT2D eigenvalue weighted by molar-refractivity contribution is 5.84. The van der Waals surface area contributed by atoms with E-state index in [1.54, 1.807) is 31.2 Å². The number of ketones is 1. The minimum Gasteiger partial charge on any atom is -0.297 e. The number of Topliss-reactive ketones (excluding diaryl/α,β-unsaturated/α-hetero) is 1. The Balaban J connectivity index is 2.39. The molecule has 5 heteroatoms. The molecule has 0 saturated heterocycles. The Kier molecular flexibility index (Phi) is 2.62. The predicted molar refractivity (Wildman–Crippen MR) is 71.4 cm³/mol. The number of hydrogen-bond acceptors (Lipinski definition) is 3. The molecule has 19 heavy (non-hydrogen) atoms. The van der Waals surface area contributed by atoms with Crippen molar-refractivity contribution in [1.29, 1.82) is 0 Å². The van der Waals surface area contributed by atoms with E-state index in [0.29, 0.717) is 30.2 Å². The Morgan fingerprint density at radius 2 is 1.84 bits per heavy atom.